The van der Waals surface area contributed by atoms with Gasteiger partial charge in [-0.2, -0.15) is 0 Å². The van der Waals surface area contributed by atoms with Crippen LogP contribution in [0.4, 0.5) is 17.6 Å². The van der Waals surface area contributed by atoms with Crippen molar-refractivity contribution in [3.8, 4) is 0 Å². The van der Waals surface area contributed by atoms with E-state index >= 15 is 0 Å². The fourth-order valence-electron chi connectivity index (χ4n) is 0.728. The van der Waals surface area contributed by atoms with Crippen LogP contribution in [0.5, 0.6) is 0 Å². The van der Waals surface area contributed by atoms with Crippen molar-refractivity contribution in [2.45, 2.75) is 0 Å². The fourth-order valence-corrected chi connectivity index (χ4v) is 0.728. The zero-order valence-corrected chi connectivity index (χ0v) is 8.07. The second-order valence-electron chi connectivity index (χ2n) is 2.15. The normalized spacial score (nSPS) is 9.43. The van der Waals surface area contributed by atoms with Crippen LogP contribution in [-0.4, -0.2) is 34.1 Å². The minimum Gasteiger partial charge on any atom is -1.00 e. The third-order valence-electron chi connectivity index (χ3n) is 1.33. The Kier molecular flexibility index (Phi) is 4.33. The SMILES string of the molecule is O=C(O)c1cc(F)c(F)c(F)c1F.[H-].[H-].[Mg+2]. The van der Waals surface area contributed by atoms with Gasteiger partial charge >= 0.3 is 29.0 Å². The third kappa shape index (κ3) is 2.15. The molecule has 0 radical (unpaired) electrons. The molecule has 1 aromatic carbocycles. The Hall–Kier alpha value is -0.824. The number of rotatable bonds is 1. The topological polar surface area (TPSA) is 37.3 Å². The predicted molar refractivity (Wildman–Crippen MR) is 41.2 cm³/mol. The van der Waals surface area contributed by atoms with Crippen molar-refractivity contribution in [1.82, 2.24) is 0 Å². The number of hydrogen-bond acceptors (Lipinski definition) is 1. The van der Waals surface area contributed by atoms with Crippen LogP contribution < -0.4 is 0 Å². The standard InChI is InChI=1S/C7H2F4O2.Mg.2H/c8-3-1-2(7(12)13)4(9)6(11)5(3)10;;;/h1H,(H,12,13);;;/q;+2;2*-1. The molecule has 0 aliphatic carbocycles. The van der Waals surface area contributed by atoms with E-state index in [1.807, 2.05) is 0 Å². The molecule has 0 fully saturated rings. The summed E-state index contributed by atoms with van der Waals surface area (Å²) >= 11 is 0. The average molecular weight is 220 g/mol. The van der Waals surface area contributed by atoms with Crippen molar-refractivity contribution in [1.29, 1.82) is 0 Å². The molecule has 0 aliphatic rings. The molecule has 0 saturated heterocycles. The van der Waals surface area contributed by atoms with E-state index in [0.29, 0.717) is 0 Å². The van der Waals surface area contributed by atoms with E-state index in [9.17, 15) is 22.4 Å². The van der Waals surface area contributed by atoms with Crippen LogP contribution >= 0.6 is 0 Å². The molecule has 0 atom stereocenters. The predicted octanol–water partition coefficient (Wildman–Crippen LogP) is 1.79. The van der Waals surface area contributed by atoms with Crippen LogP contribution in [-0.2, 0) is 0 Å². The first kappa shape index (κ1) is 13.2. The van der Waals surface area contributed by atoms with Crippen LogP contribution in [0.3, 0.4) is 0 Å². The maximum atomic E-state index is 12.5. The van der Waals surface area contributed by atoms with Gasteiger partial charge in [-0.15, -0.1) is 0 Å². The molecule has 74 valence electrons. The summed E-state index contributed by atoms with van der Waals surface area (Å²) in [5.74, 6) is -9.67. The Balaban J connectivity index is -0.000000563. The monoisotopic (exact) mass is 220 g/mol. The molecule has 0 aliphatic heterocycles. The Morgan fingerprint density at radius 2 is 1.64 bits per heavy atom. The minimum absolute atomic E-state index is 0. The molecular formula is C7H4F4MgO2. The van der Waals surface area contributed by atoms with E-state index in [-0.39, 0.29) is 32.0 Å². The smallest absolute Gasteiger partial charge is 1.00 e. The summed E-state index contributed by atoms with van der Waals surface area (Å²) in [7, 11) is 0. The molecule has 14 heavy (non-hydrogen) atoms. The Labute approximate surface area is 94.7 Å². The van der Waals surface area contributed by atoms with E-state index in [1.165, 1.54) is 0 Å². The van der Waals surface area contributed by atoms with Gasteiger partial charge in [-0.05, 0) is 6.07 Å². The van der Waals surface area contributed by atoms with Gasteiger partial charge in [0.2, 0.25) is 0 Å². The summed E-state index contributed by atoms with van der Waals surface area (Å²) in [6.45, 7) is 0. The number of halogens is 4. The van der Waals surface area contributed by atoms with Gasteiger partial charge in [-0.1, -0.05) is 0 Å². The summed E-state index contributed by atoms with van der Waals surface area (Å²) in [4.78, 5) is 10.1. The van der Waals surface area contributed by atoms with Crippen molar-refractivity contribution in [3.05, 3.63) is 34.9 Å². The van der Waals surface area contributed by atoms with E-state index < -0.39 is 34.8 Å². The van der Waals surface area contributed by atoms with Gasteiger partial charge in [-0.25, -0.2) is 22.4 Å². The van der Waals surface area contributed by atoms with Gasteiger partial charge in [0.15, 0.2) is 23.3 Å². The number of aromatic carboxylic acids is 1. The molecular weight excluding hydrogens is 216 g/mol. The molecule has 0 bridgehead atoms. The molecule has 1 aromatic rings. The van der Waals surface area contributed by atoms with Crippen molar-refractivity contribution in [2.75, 3.05) is 0 Å². The minimum atomic E-state index is -2.13. The van der Waals surface area contributed by atoms with Crippen LogP contribution in [0.2, 0.25) is 0 Å². The Bertz CT molecular complexity index is 389. The molecule has 0 aromatic heterocycles. The number of carboxylic acid groups (broad SMARTS) is 1. The van der Waals surface area contributed by atoms with Crippen LogP contribution in [0.15, 0.2) is 6.07 Å². The van der Waals surface area contributed by atoms with Gasteiger partial charge < -0.3 is 7.96 Å². The first-order chi connectivity index (χ1) is 5.95. The zero-order chi connectivity index (χ0) is 10.2. The molecule has 0 saturated carbocycles. The molecule has 0 heterocycles. The summed E-state index contributed by atoms with van der Waals surface area (Å²) in [6.07, 6.45) is 0. The second kappa shape index (κ2) is 4.60. The van der Waals surface area contributed by atoms with Crippen LogP contribution in [0, 0.1) is 23.3 Å². The number of benzene rings is 1. The van der Waals surface area contributed by atoms with Crippen molar-refractivity contribution >= 4 is 29.0 Å². The quantitative estimate of drug-likeness (QED) is 0.339. The Morgan fingerprint density at radius 3 is 2.07 bits per heavy atom. The molecule has 0 spiro atoms. The molecule has 0 unspecified atom stereocenters. The van der Waals surface area contributed by atoms with Gasteiger partial charge in [0.1, 0.15) is 5.56 Å². The second-order valence-corrected chi connectivity index (χ2v) is 2.15. The van der Waals surface area contributed by atoms with E-state index in [1.54, 1.807) is 0 Å². The zero-order valence-electron chi connectivity index (χ0n) is 8.65. The van der Waals surface area contributed by atoms with Gasteiger partial charge in [0.05, 0.1) is 0 Å². The van der Waals surface area contributed by atoms with E-state index in [0.717, 1.165) is 0 Å². The van der Waals surface area contributed by atoms with E-state index in [4.69, 9.17) is 5.11 Å². The molecule has 1 rings (SSSR count). The fraction of sp³-hybridized carbons (Fsp3) is 0. The molecule has 0 amide bonds. The first-order valence-corrected chi connectivity index (χ1v) is 3.01. The summed E-state index contributed by atoms with van der Waals surface area (Å²) in [6, 6.07) is 0.0794. The number of hydrogen-bond donors (Lipinski definition) is 1. The largest absolute Gasteiger partial charge is 2.00 e. The van der Waals surface area contributed by atoms with Crippen LogP contribution in [0.1, 0.15) is 13.2 Å². The Morgan fingerprint density at radius 1 is 1.14 bits per heavy atom. The summed E-state index contributed by atoms with van der Waals surface area (Å²) in [5.41, 5.74) is -1.24. The van der Waals surface area contributed by atoms with E-state index in [2.05, 4.69) is 0 Å². The van der Waals surface area contributed by atoms with Crippen molar-refractivity contribution in [3.63, 3.8) is 0 Å². The first-order valence-electron chi connectivity index (χ1n) is 3.01. The van der Waals surface area contributed by atoms with Gasteiger partial charge in [0.25, 0.3) is 0 Å². The number of carboxylic acids is 1. The van der Waals surface area contributed by atoms with Crippen molar-refractivity contribution < 1.29 is 30.3 Å². The van der Waals surface area contributed by atoms with Crippen LogP contribution in [0.25, 0.3) is 0 Å². The van der Waals surface area contributed by atoms with Gasteiger partial charge in [0, 0.05) is 0 Å². The molecule has 1 N–H and O–H groups in total. The average Bonchev–Trinajstić information content (AvgIpc) is 2.07. The molecule has 2 nitrogen and oxygen atoms in total. The van der Waals surface area contributed by atoms with Gasteiger partial charge in [-0.3, -0.25) is 0 Å². The third-order valence-corrected chi connectivity index (χ3v) is 1.33. The maximum absolute atomic E-state index is 12.5. The maximum Gasteiger partial charge on any atom is 2.00 e. The number of carbonyl (C=O) groups is 1. The summed E-state index contributed by atoms with van der Waals surface area (Å²) in [5, 5.41) is 8.21. The molecule has 7 heteroatoms. The van der Waals surface area contributed by atoms with Crippen molar-refractivity contribution in [2.24, 2.45) is 0 Å². The summed E-state index contributed by atoms with van der Waals surface area (Å²) < 4.78 is 49.5.